The zero-order chi connectivity index (χ0) is 22.7. The van der Waals surface area contributed by atoms with Gasteiger partial charge in [0.1, 0.15) is 17.2 Å². The SMILES string of the molecule is COc1ccc(NC2=C(c3ccccc3)C(=O)N(Cc3ccccc3OC)C2=O)cc1Cl. The molecule has 2 amide bonds. The average Bonchev–Trinajstić information content (AvgIpc) is 3.04. The van der Waals surface area contributed by atoms with Gasteiger partial charge in [-0.3, -0.25) is 14.5 Å². The minimum atomic E-state index is -0.424. The van der Waals surface area contributed by atoms with Gasteiger partial charge in [-0.1, -0.05) is 60.1 Å². The lowest BCUT2D eigenvalue weighted by molar-refractivity contribution is -0.137. The molecular weight excluding hydrogens is 428 g/mol. The van der Waals surface area contributed by atoms with Crippen LogP contribution in [0.4, 0.5) is 5.69 Å². The van der Waals surface area contributed by atoms with Gasteiger partial charge in [-0.2, -0.15) is 0 Å². The molecule has 3 aromatic rings. The van der Waals surface area contributed by atoms with Crippen molar-refractivity contribution in [3.63, 3.8) is 0 Å². The minimum absolute atomic E-state index is 0.0898. The first kappa shape index (κ1) is 21.5. The number of carbonyl (C=O) groups is 2. The number of methoxy groups -OCH3 is 2. The number of anilines is 1. The maximum absolute atomic E-state index is 13.4. The Labute approximate surface area is 191 Å². The number of amides is 2. The van der Waals surface area contributed by atoms with Gasteiger partial charge in [-0.15, -0.1) is 0 Å². The van der Waals surface area contributed by atoms with Crippen molar-refractivity contribution in [3.8, 4) is 11.5 Å². The van der Waals surface area contributed by atoms with Crippen LogP contribution in [0.1, 0.15) is 11.1 Å². The Kier molecular flexibility index (Phi) is 6.14. The van der Waals surface area contributed by atoms with E-state index in [2.05, 4.69) is 5.32 Å². The summed E-state index contributed by atoms with van der Waals surface area (Å²) < 4.78 is 10.6. The van der Waals surface area contributed by atoms with Crippen LogP contribution in [0, 0.1) is 0 Å². The molecule has 32 heavy (non-hydrogen) atoms. The number of nitrogens with one attached hydrogen (secondary N) is 1. The molecule has 0 aliphatic carbocycles. The molecule has 0 aromatic heterocycles. The van der Waals surface area contributed by atoms with E-state index in [1.54, 1.807) is 43.5 Å². The second kappa shape index (κ2) is 9.16. The molecule has 0 bridgehead atoms. The van der Waals surface area contributed by atoms with E-state index < -0.39 is 5.91 Å². The average molecular weight is 449 g/mol. The second-order valence-corrected chi connectivity index (χ2v) is 7.51. The summed E-state index contributed by atoms with van der Waals surface area (Å²) in [6.07, 6.45) is 0. The highest BCUT2D eigenvalue weighted by molar-refractivity contribution is 6.36. The highest BCUT2D eigenvalue weighted by Gasteiger charge is 2.39. The number of hydrogen-bond donors (Lipinski definition) is 1. The third-order valence-corrected chi connectivity index (χ3v) is 5.47. The molecule has 0 radical (unpaired) electrons. The molecule has 6 nitrogen and oxygen atoms in total. The van der Waals surface area contributed by atoms with Crippen molar-refractivity contribution in [3.05, 3.63) is 94.6 Å². The molecular formula is C25H21ClN2O4. The molecule has 0 atom stereocenters. The third kappa shape index (κ3) is 4.05. The van der Waals surface area contributed by atoms with Crippen molar-refractivity contribution < 1.29 is 19.1 Å². The van der Waals surface area contributed by atoms with Crippen molar-refractivity contribution >= 4 is 34.7 Å². The lowest BCUT2D eigenvalue weighted by atomic mass is 10.0. The molecule has 0 saturated heterocycles. The lowest BCUT2D eigenvalue weighted by Gasteiger charge is -2.17. The van der Waals surface area contributed by atoms with E-state index in [-0.39, 0.29) is 18.1 Å². The maximum atomic E-state index is 13.4. The number of imide groups is 1. The molecule has 3 aromatic carbocycles. The predicted octanol–water partition coefficient (Wildman–Crippen LogP) is 4.75. The fourth-order valence-corrected chi connectivity index (χ4v) is 3.86. The first-order valence-electron chi connectivity index (χ1n) is 9.92. The number of rotatable bonds is 7. The number of hydrogen-bond acceptors (Lipinski definition) is 5. The van der Waals surface area contributed by atoms with Crippen LogP contribution >= 0.6 is 11.6 Å². The van der Waals surface area contributed by atoms with E-state index in [1.807, 2.05) is 36.4 Å². The Hall–Kier alpha value is -3.77. The van der Waals surface area contributed by atoms with Gasteiger partial charge in [-0.05, 0) is 29.8 Å². The predicted molar refractivity (Wildman–Crippen MR) is 124 cm³/mol. The summed E-state index contributed by atoms with van der Waals surface area (Å²) in [6.45, 7) is 0.0898. The van der Waals surface area contributed by atoms with Gasteiger partial charge in [0.2, 0.25) is 0 Å². The smallest absolute Gasteiger partial charge is 0.278 e. The van der Waals surface area contributed by atoms with Gasteiger partial charge in [-0.25, -0.2) is 0 Å². The fourth-order valence-electron chi connectivity index (χ4n) is 3.60. The molecule has 0 fully saturated rings. The van der Waals surface area contributed by atoms with Crippen molar-refractivity contribution in [1.29, 1.82) is 0 Å². The summed E-state index contributed by atoms with van der Waals surface area (Å²) in [5, 5.41) is 3.49. The van der Waals surface area contributed by atoms with Crippen molar-refractivity contribution in [2.24, 2.45) is 0 Å². The van der Waals surface area contributed by atoms with E-state index in [1.165, 1.54) is 12.0 Å². The van der Waals surface area contributed by atoms with E-state index >= 15 is 0 Å². The number of carbonyl (C=O) groups excluding carboxylic acids is 2. The Morgan fingerprint density at radius 1 is 0.844 bits per heavy atom. The zero-order valence-corrected chi connectivity index (χ0v) is 18.3. The van der Waals surface area contributed by atoms with Crippen LogP contribution in [0.3, 0.4) is 0 Å². The summed E-state index contributed by atoms with van der Waals surface area (Å²) in [5.41, 5.74) is 2.45. The molecule has 1 N–H and O–H groups in total. The Morgan fingerprint density at radius 3 is 2.22 bits per heavy atom. The van der Waals surface area contributed by atoms with Crippen molar-refractivity contribution in [2.45, 2.75) is 6.54 Å². The Morgan fingerprint density at radius 2 is 1.53 bits per heavy atom. The molecule has 162 valence electrons. The van der Waals surface area contributed by atoms with Crippen LogP contribution in [-0.4, -0.2) is 30.9 Å². The maximum Gasteiger partial charge on any atom is 0.278 e. The highest BCUT2D eigenvalue weighted by atomic mass is 35.5. The number of ether oxygens (including phenoxy) is 2. The Bertz CT molecular complexity index is 1210. The number of halogens is 1. The topological polar surface area (TPSA) is 67.9 Å². The molecule has 1 aliphatic heterocycles. The summed E-state index contributed by atoms with van der Waals surface area (Å²) in [5.74, 6) is 0.319. The van der Waals surface area contributed by atoms with Gasteiger partial charge in [0, 0.05) is 11.3 Å². The highest BCUT2D eigenvalue weighted by Crippen LogP contribution is 2.34. The fraction of sp³-hybridized carbons (Fsp3) is 0.120. The first-order valence-corrected chi connectivity index (χ1v) is 10.3. The minimum Gasteiger partial charge on any atom is -0.496 e. The van der Waals surface area contributed by atoms with E-state index in [0.717, 1.165) is 5.56 Å². The largest absolute Gasteiger partial charge is 0.496 e. The van der Waals surface area contributed by atoms with Gasteiger partial charge in [0.25, 0.3) is 11.8 Å². The Balaban J connectivity index is 1.73. The summed E-state index contributed by atoms with van der Waals surface area (Å²) >= 11 is 6.25. The number of para-hydroxylation sites is 1. The van der Waals surface area contributed by atoms with Gasteiger partial charge in [0.15, 0.2) is 0 Å². The summed E-state index contributed by atoms with van der Waals surface area (Å²) in [7, 11) is 3.08. The molecule has 0 saturated carbocycles. The van der Waals surface area contributed by atoms with Crippen LogP contribution in [0.5, 0.6) is 11.5 Å². The molecule has 7 heteroatoms. The lowest BCUT2D eigenvalue weighted by Crippen LogP contribution is -2.32. The third-order valence-electron chi connectivity index (χ3n) is 5.17. The molecule has 0 spiro atoms. The van der Waals surface area contributed by atoms with Crippen LogP contribution in [0.15, 0.2) is 78.5 Å². The van der Waals surface area contributed by atoms with Crippen LogP contribution < -0.4 is 14.8 Å². The van der Waals surface area contributed by atoms with Gasteiger partial charge < -0.3 is 14.8 Å². The normalized spacial score (nSPS) is 13.5. The molecule has 4 rings (SSSR count). The monoisotopic (exact) mass is 448 g/mol. The molecule has 0 unspecified atom stereocenters. The van der Waals surface area contributed by atoms with Crippen LogP contribution in [0.2, 0.25) is 5.02 Å². The quantitative estimate of drug-likeness (QED) is 0.528. The van der Waals surface area contributed by atoms with Crippen LogP contribution in [0.25, 0.3) is 5.57 Å². The van der Waals surface area contributed by atoms with Crippen molar-refractivity contribution in [1.82, 2.24) is 4.90 Å². The van der Waals surface area contributed by atoms with Gasteiger partial charge >= 0.3 is 0 Å². The molecule has 1 aliphatic rings. The summed E-state index contributed by atoms with van der Waals surface area (Å²) in [6, 6.07) is 21.5. The summed E-state index contributed by atoms with van der Waals surface area (Å²) in [4.78, 5) is 28.0. The van der Waals surface area contributed by atoms with E-state index in [4.69, 9.17) is 21.1 Å². The standard InChI is InChI=1S/C25H21ClN2O4/c1-31-20-11-7-6-10-17(20)15-28-24(29)22(16-8-4-3-5-9-16)23(25(28)30)27-18-12-13-21(32-2)19(26)14-18/h3-14,27H,15H2,1-2H3. The van der Waals surface area contributed by atoms with Crippen molar-refractivity contribution in [2.75, 3.05) is 19.5 Å². The number of nitrogens with zero attached hydrogens (tertiary/aromatic N) is 1. The van der Waals surface area contributed by atoms with Crippen LogP contribution in [-0.2, 0) is 16.1 Å². The van der Waals surface area contributed by atoms with E-state index in [0.29, 0.717) is 33.3 Å². The zero-order valence-electron chi connectivity index (χ0n) is 17.6. The second-order valence-electron chi connectivity index (χ2n) is 7.10. The van der Waals surface area contributed by atoms with E-state index in [9.17, 15) is 9.59 Å². The van der Waals surface area contributed by atoms with Gasteiger partial charge in [0.05, 0.1) is 31.4 Å². The first-order chi connectivity index (χ1) is 15.5. The molecule has 1 heterocycles. The number of benzene rings is 3.